The molecule has 0 bridgehead atoms. The van der Waals surface area contributed by atoms with E-state index in [-0.39, 0.29) is 31.2 Å². The highest BCUT2D eigenvalue weighted by molar-refractivity contribution is 6.04. The normalized spacial score (nSPS) is 20.6. The van der Waals surface area contributed by atoms with Crippen LogP contribution in [0, 0.1) is 0 Å². The lowest BCUT2D eigenvalue weighted by atomic mass is 9.99. The Morgan fingerprint density at radius 1 is 1.29 bits per heavy atom. The van der Waals surface area contributed by atoms with Gasteiger partial charge in [-0.05, 0) is 36.5 Å². The second kappa shape index (κ2) is 6.43. The summed E-state index contributed by atoms with van der Waals surface area (Å²) in [6.45, 7) is 0.274. The molecular weight excluding hydrogens is 312 g/mol. The standard InChI is InChI=1S/C17H18N2O5/c20-14-6-2-5-13(16(23)18-14)19-9-12-10(7-8-15(21)22)3-1-4-11(12)17(19)24/h1,3-4,13H,2,5-9H2,(H,21,22)(H,18,20,23)/t13-/m0/s1. The van der Waals surface area contributed by atoms with Crippen molar-refractivity contribution in [3.8, 4) is 0 Å². The molecule has 1 fully saturated rings. The van der Waals surface area contributed by atoms with E-state index in [9.17, 15) is 19.2 Å². The average Bonchev–Trinajstić information content (AvgIpc) is 2.76. The van der Waals surface area contributed by atoms with Crippen molar-refractivity contribution in [3.05, 3.63) is 34.9 Å². The molecule has 0 radical (unpaired) electrons. The van der Waals surface area contributed by atoms with Gasteiger partial charge in [0.25, 0.3) is 5.91 Å². The zero-order valence-electron chi connectivity index (χ0n) is 13.1. The lowest BCUT2D eigenvalue weighted by Crippen LogP contribution is -2.46. The van der Waals surface area contributed by atoms with Crippen molar-refractivity contribution in [3.63, 3.8) is 0 Å². The molecule has 1 aromatic carbocycles. The lowest BCUT2D eigenvalue weighted by Gasteiger charge is -2.24. The summed E-state index contributed by atoms with van der Waals surface area (Å²) in [5.41, 5.74) is 2.12. The van der Waals surface area contributed by atoms with Gasteiger partial charge in [-0.3, -0.25) is 24.5 Å². The van der Waals surface area contributed by atoms with E-state index in [1.807, 2.05) is 6.07 Å². The van der Waals surface area contributed by atoms with Crippen LogP contribution in [-0.2, 0) is 27.3 Å². The predicted octanol–water partition coefficient (Wildman–Crippen LogP) is 0.855. The molecule has 1 aromatic rings. The Hall–Kier alpha value is -2.70. The molecule has 7 nitrogen and oxygen atoms in total. The van der Waals surface area contributed by atoms with E-state index in [1.54, 1.807) is 12.1 Å². The summed E-state index contributed by atoms with van der Waals surface area (Å²) in [6, 6.07) is 4.58. The Balaban J connectivity index is 1.85. The van der Waals surface area contributed by atoms with Gasteiger partial charge in [0.15, 0.2) is 0 Å². The minimum Gasteiger partial charge on any atom is -0.481 e. The molecule has 3 amide bonds. The van der Waals surface area contributed by atoms with E-state index in [4.69, 9.17) is 5.11 Å². The molecule has 7 heteroatoms. The average molecular weight is 330 g/mol. The van der Waals surface area contributed by atoms with Gasteiger partial charge >= 0.3 is 5.97 Å². The first kappa shape index (κ1) is 16.2. The van der Waals surface area contributed by atoms with Crippen LogP contribution in [0.5, 0.6) is 0 Å². The molecule has 3 rings (SSSR count). The number of hydrogen-bond acceptors (Lipinski definition) is 4. The van der Waals surface area contributed by atoms with Gasteiger partial charge < -0.3 is 10.0 Å². The fraction of sp³-hybridized carbons (Fsp3) is 0.412. The Morgan fingerprint density at radius 2 is 2.08 bits per heavy atom. The molecule has 0 spiro atoms. The number of fused-ring (bicyclic) bond motifs is 1. The van der Waals surface area contributed by atoms with E-state index in [1.165, 1.54) is 4.90 Å². The maximum Gasteiger partial charge on any atom is 0.303 e. The van der Waals surface area contributed by atoms with E-state index in [0.717, 1.165) is 11.1 Å². The van der Waals surface area contributed by atoms with Crippen LogP contribution in [0.1, 0.15) is 47.2 Å². The minimum absolute atomic E-state index is 0.0109. The molecule has 2 aliphatic rings. The van der Waals surface area contributed by atoms with Crippen LogP contribution in [0.3, 0.4) is 0 Å². The largest absolute Gasteiger partial charge is 0.481 e. The number of nitrogens with zero attached hydrogens (tertiary/aromatic N) is 1. The number of benzene rings is 1. The van der Waals surface area contributed by atoms with Crippen LogP contribution in [0.2, 0.25) is 0 Å². The van der Waals surface area contributed by atoms with E-state index in [2.05, 4.69) is 5.32 Å². The first-order valence-corrected chi connectivity index (χ1v) is 7.94. The fourth-order valence-electron chi connectivity index (χ4n) is 3.31. The van der Waals surface area contributed by atoms with Crippen LogP contribution in [0.4, 0.5) is 0 Å². The summed E-state index contributed by atoms with van der Waals surface area (Å²) in [7, 11) is 0. The highest BCUT2D eigenvalue weighted by Crippen LogP contribution is 2.30. The van der Waals surface area contributed by atoms with E-state index in [0.29, 0.717) is 24.8 Å². The smallest absolute Gasteiger partial charge is 0.303 e. The number of carbonyl (C=O) groups excluding carboxylic acids is 3. The topological polar surface area (TPSA) is 104 Å². The van der Waals surface area contributed by atoms with Crippen molar-refractivity contribution in [2.24, 2.45) is 0 Å². The summed E-state index contributed by atoms with van der Waals surface area (Å²) in [4.78, 5) is 48.6. The Labute approximate surface area is 138 Å². The first-order valence-electron chi connectivity index (χ1n) is 7.94. The summed E-state index contributed by atoms with van der Waals surface area (Å²) in [5.74, 6) is -1.88. The van der Waals surface area contributed by atoms with Gasteiger partial charge in [-0.1, -0.05) is 12.1 Å². The third kappa shape index (κ3) is 3.02. The summed E-state index contributed by atoms with van der Waals surface area (Å²) >= 11 is 0. The molecule has 2 N–H and O–H groups in total. The molecule has 0 aromatic heterocycles. The van der Waals surface area contributed by atoms with Crippen molar-refractivity contribution in [2.45, 2.75) is 44.7 Å². The molecule has 0 unspecified atom stereocenters. The highest BCUT2D eigenvalue weighted by atomic mass is 16.4. The number of carboxylic acid groups (broad SMARTS) is 1. The van der Waals surface area contributed by atoms with Crippen LogP contribution >= 0.6 is 0 Å². The molecule has 24 heavy (non-hydrogen) atoms. The third-order valence-corrected chi connectivity index (χ3v) is 4.52. The number of aryl methyl sites for hydroxylation is 1. The summed E-state index contributed by atoms with van der Waals surface area (Å²) < 4.78 is 0. The van der Waals surface area contributed by atoms with Crippen LogP contribution in [0.25, 0.3) is 0 Å². The number of hydrogen-bond donors (Lipinski definition) is 2. The van der Waals surface area contributed by atoms with Crippen molar-refractivity contribution in [2.75, 3.05) is 0 Å². The lowest BCUT2D eigenvalue weighted by molar-refractivity contribution is -0.137. The highest BCUT2D eigenvalue weighted by Gasteiger charge is 2.38. The summed E-state index contributed by atoms with van der Waals surface area (Å²) in [6.07, 6.45) is 1.61. The molecular formula is C17H18N2O5. The maximum atomic E-state index is 12.7. The number of amides is 3. The van der Waals surface area contributed by atoms with Crippen molar-refractivity contribution >= 4 is 23.7 Å². The van der Waals surface area contributed by atoms with Crippen LogP contribution in [-0.4, -0.2) is 39.7 Å². The van der Waals surface area contributed by atoms with Crippen molar-refractivity contribution < 1.29 is 24.3 Å². The van der Waals surface area contributed by atoms with Crippen LogP contribution in [0.15, 0.2) is 18.2 Å². The Bertz CT molecular complexity index is 728. The van der Waals surface area contributed by atoms with Gasteiger partial charge in [0, 0.05) is 24.9 Å². The van der Waals surface area contributed by atoms with Gasteiger partial charge in [-0.25, -0.2) is 0 Å². The second-order valence-electron chi connectivity index (χ2n) is 6.09. The zero-order valence-corrected chi connectivity index (χ0v) is 13.1. The van der Waals surface area contributed by atoms with Gasteiger partial charge in [-0.15, -0.1) is 0 Å². The number of nitrogens with one attached hydrogen (secondary N) is 1. The molecule has 2 aliphatic heterocycles. The maximum absolute atomic E-state index is 12.7. The van der Waals surface area contributed by atoms with Gasteiger partial charge in [0.2, 0.25) is 11.8 Å². The molecule has 0 saturated carbocycles. The molecule has 1 atom stereocenters. The first-order chi connectivity index (χ1) is 11.5. The molecule has 0 aliphatic carbocycles. The monoisotopic (exact) mass is 330 g/mol. The fourth-order valence-corrected chi connectivity index (χ4v) is 3.31. The quantitative estimate of drug-likeness (QED) is 0.797. The molecule has 126 valence electrons. The molecule has 2 heterocycles. The van der Waals surface area contributed by atoms with E-state index >= 15 is 0 Å². The zero-order chi connectivity index (χ0) is 17.3. The Kier molecular flexibility index (Phi) is 4.33. The summed E-state index contributed by atoms with van der Waals surface area (Å²) in [5, 5.41) is 11.2. The number of aliphatic carboxylic acids is 1. The van der Waals surface area contributed by atoms with Gasteiger partial charge in [0.05, 0.1) is 0 Å². The second-order valence-corrected chi connectivity index (χ2v) is 6.09. The third-order valence-electron chi connectivity index (χ3n) is 4.52. The van der Waals surface area contributed by atoms with Gasteiger partial charge in [0.1, 0.15) is 6.04 Å². The number of imide groups is 1. The Morgan fingerprint density at radius 3 is 2.83 bits per heavy atom. The predicted molar refractivity (Wildman–Crippen MR) is 83.1 cm³/mol. The minimum atomic E-state index is -0.893. The number of carbonyl (C=O) groups is 4. The van der Waals surface area contributed by atoms with Crippen LogP contribution < -0.4 is 5.32 Å². The van der Waals surface area contributed by atoms with Crippen molar-refractivity contribution in [1.29, 1.82) is 0 Å². The molecule has 1 saturated heterocycles. The number of rotatable bonds is 4. The van der Waals surface area contributed by atoms with Crippen molar-refractivity contribution in [1.82, 2.24) is 10.2 Å². The SMILES string of the molecule is O=C(O)CCc1cccc2c1CN([C@H]1CCCC(=O)NC1=O)C2=O. The van der Waals surface area contributed by atoms with Gasteiger partial charge in [-0.2, -0.15) is 0 Å². The van der Waals surface area contributed by atoms with E-state index < -0.39 is 17.9 Å². The number of carboxylic acids is 1.